The molecule has 0 fully saturated rings. The highest BCUT2D eigenvalue weighted by atomic mass is 32.1. The zero-order valence-electron chi connectivity index (χ0n) is 12.6. The van der Waals surface area contributed by atoms with Crippen molar-refractivity contribution in [3.05, 3.63) is 51.7 Å². The monoisotopic (exact) mass is 305 g/mol. The van der Waals surface area contributed by atoms with Gasteiger partial charge in [0.25, 0.3) is 0 Å². The zero-order valence-corrected chi connectivity index (χ0v) is 13.4. The van der Waals surface area contributed by atoms with Crippen LogP contribution in [0.25, 0.3) is 0 Å². The van der Waals surface area contributed by atoms with Crippen LogP contribution in [-0.4, -0.2) is 27.8 Å². The van der Waals surface area contributed by atoms with E-state index in [0.29, 0.717) is 12.3 Å². The molecule has 3 nitrogen and oxygen atoms in total. The molecule has 21 heavy (non-hydrogen) atoms. The first-order chi connectivity index (χ1) is 10.2. The summed E-state index contributed by atoms with van der Waals surface area (Å²) in [5.74, 6) is 0.362. The van der Waals surface area contributed by atoms with Crippen molar-refractivity contribution >= 4 is 11.3 Å². The Balaban J connectivity index is 2.20. The van der Waals surface area contributed by atoms with E-state index in [9.17, 15) is 10.2 Å². The lowest BCUT2D eigenvalue weighted by atomic mass is 10.1. The molecule has 0 saturated carbocycles. The van der Waals surface area contributed by atoms with Gasteiger partial charge in [-0.15, -0.1) is 0 Å². The third-order valence-electron chi connectivity index (χ3n) is 3.86. The molecule has 1 aromatic heterocycles. The Bertz CT molecular complexity index is 550. The number of rotatable bonds is 7. The van der Waals surface area contributed by atoms with Gasteiger partial charge in [0, 0.05) is 24.7 Å². The van der Waals surface area contributed by atoms with Crippen molar-refractivity contribution < 1.29 is 10.2 Å². The van der Waals surface area contributed by atoms with Crippen molar-refractivity contribution in [3.63, 3.8) is 0 Å². The summed E-state index contributed by atoms with van der Waals surface area (Å²) in [6, 6.07) is 8.04. The second-order valence-electron chi connectivity index (χ2n) is 5.36. The molecule has 0 radical (unpaired) electrons. The normalized spacial score (nSPS) is 12.8. The van der Waals surface area contributed by atoms with Gasteiger partial charge in [0.05, 0.1) is 6.61 Å². The number of para-hydroxylation sites is 1. The van der Waals surface area contributed by atoms with Gasteiger partial charge >= 0.3 is 0 Å². The molecule has 0 amide bonds. The number of phenols is 1. The van der Waals surface area contributed by atoms with E-state index in [1.807, 2.05) is 25.1 Å². The van der Waals surface area contributed by atoms with Crippen LogP contribution in [-0.2, 0) is 13.1 Å². The minimum Gasteiger partial charge on any atom is -0.507 e. The average Bonchev–Trinajstić information content (AvgIpc) is 2.98. The van der Waals surface area contributed by atoms with E-state index in [1.165, 1.54) is 5.56 Å². The van der Waals surface area contributed by atoms with Crippen molar-refractivity contribution in [1.29, 1.82) is 0 Å². The molecular formula is C17H23NO2S. The Hall–Kier alpha value is -1.36. The van der Waals surface area contributed by atoms with Crippen LogP contribution in [0.5, 0.6) is 5.75 Å². The first-order valence-corrected chi connectivity index (χ1v) is 8.23. The number of thiophene rings is 1. The molecule has 2 aromatic rings. The lowest BCUT2D eigenvalue weighted by Crippen LogP contribution is -2.36. The summed E-state index contributed by atoms with van der Waals surface area (Å²) in [4.78, 5) is 2.23. The van der Waals surface area contributed by atoms with E-state index in [-0.39, 0.29) is 12.6 Å². The second-order valence-corrected chi connectivity index (χ2v) is 6.14. The minimum absolute atomic E-state index is 0.102. The van der Waals surface area contributed by atoms with Gasteiger partial charge in [0.2, 0.25) is 0 Å². The van der Waals surface area contributed by atoms with E-state index in [4.69, 9.17) is 0 Å². The van der Waals surface area contributed by atoms with Crippen molar-refractivity contribution in [2.24, 2.45) is 0 Å². The Labute approximate surface area is 130 Å². The number of aliphatic hydroxyl groups excluding tert-OH is 1. The Morgan fingerprint density at radius 2 is 2.05 bits per heavy atom. The summed E-state index contributed by atoms with van der Waals surface area (Å²) < 4.78 is 0. The number of aryl methyl sites for hydroxylation is 1. The van der Waals surface area contributed by atoms with E-state index < -0.39 is 0 Å². The fraction of sp³-hybridized carbons (Fsp3) is 0.412. The summed E-state index contributed by atoms with van der Waals surface area (Å²) >= 11 is 1.68. The highest BCUT2D eigenvalue weighted by molar-refractivity contribution is 7.07. The molecule has 0 saturated heterocycles. The van der Waals surface area contributed by atoms with Crippen molar-refractivity contribution in [2.75, 3.05) is 6.61 Å². The molecule has 0 spiro atoms. The molecule has 0 unspecified atom stereocenters. The molecule has 2 rings (SSSR count). The van der Waals surface area contributed by atoms with Gasteiger partial charge in [0.15, 0.2) is 0 Å². The Morgan fingerprint density at radius 3 is 2.67 bits per heavy atom. The minimum atomic E-state index is 0.102. The topological polar surface area (TPSA) is 43.7 Å². The van der Waals surface area contributed by atoms with E-state index in [0.717, 1.165) is 24.1 Å². The molecule has 114 valence electrons. The third-order valence-corrected chi connectivity index (χ3v) is 4.59. The van der Waals surface area contributed by atoms with Crippen LogP contribution in [0.2, 0.25) is 0 Å². The Morgan fingerprint density at radius 1 is 1.24 bits per heavy atom. The van der Waals surface area contributed by atoms with Crippen LogP contribution in [0.15, 0.2) is 35.0 Å². The molecule has 2 N–H and O–H groups in total. The van der Waals surface area contributed by atoms with Crippen molar-refractivity contribution in [3.8, 4) is 5.75 Å². The van der Waals surface area contributed by atoms with E-state index >= 15 is 0 Å². The number of hydrogen-bond donors (Lipinski definition) is 2. The molecule has 0 bridgehead atoms. The predicted molar refractivity (Wildman–Crippen MR) is 87.6 cm³/mol. The van der Waals surface area contributed by atoms with Crippen LogP contribution >= 0.6 is 11.3 Å². The first kappa shape index (κ1) is 16.0. The van der Waals surface area contributed by atoms with Crippen LogP contribution in [0.4, 0.5) is 0 Å². The smallest absolute Gasteiger partial charge is 0.122 e. The van der Waals surface area contributed by atoms with E-state index in [1.54, 1.807) is 11.3 Å². The molecular weight excluding hydrogens is 282 g/mol. The van der Waals surface area contributed by atoms with Gasteiger partial charge in [-0.2, -0.15) is 11.3 Å². The predicted octanol–water partition coefficient (Wildman–Crippen LogP) is 3.54. The van der Waals surface area contributed by atoms with Crippen molar-refractivity contribution in [2.45, 2.75) is 39.4 Å². The molecule has 1 atom stereocenters. The fourth-order valence-electron chi connectivity index (χ4n) is 2.50. The number of benzene rings is 1. The lowest BCUT2D eigenvalue weighted by molar-refractivity contribution is 0.106. The maximum absolute atomic E-state index is 10.2. The van der Waals surface area contributed by atoms with Crippen molar-refractivity contribution in [1.82, 2.24) is 4.90 Å². The SMILES string of the molecule is CC[C@@H](CO)N(Cc1ccsc1)Cc1cccc(C)c1O. The summed E-state index contributed by atoms with van der Waals surface area (Å²) in [5, 5.41) is 24.0. The summed E-state index contributed by atoms with van der Waals surface area (Å²) in [7, 11) is 0. The standard InChI is InChI=1S/C17H23NO2S/c1-3-16(11-19)18(9-14-7-8-21-12-14)10-15-6-4-5-13(2)17(15)20/h4-8,12,16,19-20H,3,9-11H2,1-2H3/t16-/m0/s1. The molecule has 1 heterocycles. The van der Waals surface area contributed by atoms with Gasteiger partial charge in [-0.1, -0.05) is 25.1 Å². The highest BCUT2D eigenvalue weighted by Crippen LogP contribution is 2.25. The zero-order chi connectivity index (χ0) is 15.2. The summed E-state index contributed by atoms with van der Waals surface area (Å²) in [5.41, 5.74) is 3.05. The molecule has 0 aliphatic heterocycles. The van der Waals surface area contributed by atoms with E-state index in [2.05, 4.69) is 28.7 Å². The van der Waals surface area contributed by atoms with Gasteiger partial charge in [0.1, 0.15) is 5.75 Å². The highest BCUT2D eigenvalue weighted by Gasteiger charge is 2.18. The number of nitrogens with zero attached hydrogens (tertiary/aromatic N) is 1. The first-order valence-electron chi connectivity index (χ1n) is 7.29. The molecule has 0 aliphatic carbocycles. The van der Waals surface area contributed by atoms with Crippen LogP contribution in [0.3, 0.4) is 0 Å². The number of hydrogen-bond acceptors (Lipinski definition) is 4. The number of aliphatic hydroxyl groups is 1. The van der Waals surface area contributed by atoms with Gasteiger partial charge in [-0.25, -0.2) is 0 Å². The molecule has 4 heteroatoms. The fourth-order valence-corrected chi connectivity index (χ4v) is 3.16. The maximum atomic E-state index is 10.2. The van der Waals surface area contributed by atoms with Crippen LogP contribution < -0.4 is 0 Å². The third kappa shape index (κ3) is 4.06. The van der Waals surface area contributed by atoms with Crippen LogP contribution in [0, 0.1) is 6.92 Å². The summed E-state index contributed by atoms with van der Waals surface area (Å²) in [6.07, 6.45) is 0.882. The number of aromatic hydroxyl groups is 1. The number of phenolic OH excluding ortho intramolecular Hbond substituents is 1. The van der Waals surface area contributed by atoms with Crippen LogP contribution in [0.1, 0.15) is 30.0 Å². The summed E-state index contributed by atoms with van der Waals surface area (Å²) in [6.45, 7) is 5.55. The Kier molecular flexibility index (Phi) is 5.79. The molecule has 0 aliphatic rings. The average molecular weight is 305 g/mol. The van der Waals surface area contributed by atoms with Gasteiger partial charge in [-0.05, 0) is 41.3 Å². The lowest BCUT2D eigenvalue weighted by Gasteiger charge is -2.30. The largest absolute Gasteiger partial charge is 0.507 e. The van der Waals surface area contributed by atoms with Gasteiger partial charge in [-0.3, -0.25) is 4.90 Å². The second kappa shape index (κ2) is 7.59. The maximum Gasteiger partial charge on any atom is 0.122 e. The molecule has 1 aromatic carbocycles. The quantitative estimate of drug-likeness (QED) is 0.822. The van der Waals surface area contributed by atoms with Gasteiger partial charge < -0.3 is 10.2 Å².